The van der Waals surface area contributed by atoms with Crippen LogP contribution in [-0.2, 0) is 19.2 Å². The molecule has 0 aromatic heterocycles. The monoisotopic (exact) mass is 356 g/mol. The van der Waals surface area contributed by atoms with Crippen LogP contribution in [0.15, 0.2) is 0 Å². The van der Waals surface area contributed by atoms with Crippen LogP contribution < -0.4 is 16.0 Å². The van der Waals surface area contributed by atoms with Crippen molar-refractivity contribution in [1.82, 2.24) is 20.9 Å². The molecule has 0 spiro atoms. The Balaban J connectivity index is 1.81. The van der Waals surface area contributed by atoms with E-state index in [1.807, 2.05) is 0 Å². The molecule has 0 aliphatic carbocycles. The molecule has 0 radical (unpaired) electrons. The second-order valence-corrected chi connectivity index (χ2v) is 6.19. The Morgan fingerprint density at radius 1 is 1.20 bits per heavy atom. The molecule has 25 heavy (non-hydrogen) atoms. The van der Waals surface area contributed by atoms with Gasteiger partial charge in [0.2, 0.25) is 17.7 Å². The zero-order valence-electron chi connectivity index (χ0n) is 13.9. The highest BCUT2D eigenvalue weighted by molar-refractivity contribution is 5.92. The molecule has 3 amide bonds. The minimum absolute atomic E-state index is 0.333. The summed E-state index contributed by atoms with van der Waals surface area (Å²) in [6.07, 6.45) is 2.51. The van der Waals surface area contributed by atoms with Crippen molar-refractivity contribution < 1.29 is 29.4 Å². The number of carbonyl (C=O) groups excluding carboxylic acids is 3. The first kappa shape index (κ1) is 19.1. The summed E-state index contributed by atoms with van der Waals surface area (Å²) < 4.78 is 0. The summed E-state index contributed by atoms with van der Waals surface area (Å²) in [7, 11) is 0. The summed E-state index contributed by atoms with van der Waals surface area (Å²) in [4.78, 5) is 48.4. The average molecular weight is 356 g/mol. The lowest BCUT2D eigenvalue weighted by molar-refractivity contribution is -0.148. The van der Waals surface area contributed by atoms with Crippen molar-refractivity contribution in [3.8, 4) is 0 Å². The highest BCUT2D eigenvalue weighted by Crippen LogP contribution is 2.17. The van der Waals surface area contributed by atoms with E-state index in [0.717, 1.165) is 13.0 Å². The van der Waals surface area contributed by atoms with Gasteiger partial charge in [0.25, 0.3) is 0 Å². The topological polar surface area (TPSA) is 148 Å². The van der Waals surface area contributed by atoms with Crippen LogP contribution >= 0.6 is 0 Å². The molecule has 2 rings (SSSR count). The highest BCUT2D eigenvalue weighted by atomic mass is 16.4. The Kier molecular flexibility index (Phi) is 6.71. The maximum Gasteiger partial charge on any atom is 0.326 e. The summed E-state index contributed by atoms with van der Waals surface area (Å²) in [6.45, 7) is 0.0823. The summed E-state index contributed by atoms with van der Waals surface area (Å²) in [5, 5.41) is 26.2. The minimum atomic E-state index is -1.16. The molecular formula is C15H24N4O6. The average Bonchev–Trinajstić information content (AvgIpc) is 3.28. The number of carboxylic acid groups (broad SMARTS) is 1. The summed E-state index contributed by atoms with van der Waals surface area (Å²) in [5.74, 6) is -2.63. The zero-order valence-corrected chi connectivity index (χ0v) is 13.9. The Morgan fingerprint density at radius 2 is 1.96 bits per heavy atom. The maximum absolute atomic E-state index is 12.1. The van der Waals surface area contributed by atoms with Gasteiger partial charge in [0.1, 0.15) is 12.1 Å². The molecule has 0 bridgehead atoms. The molecule has 10 heteroatoms. The zero-order chi connectivity index (χ0) is 18.4. The molecule has 2 aliphatic rings. The second-order valence-electron chi connectivity index (χ2n) is 6.19. The number of hydrogen-bond donors (Lipinski definition) is 5. The van der Waals surface area contributed by atoms with Gasteiger partial charge in [0.05, 0.1) is 19.2 Å². The lowest BCUT2D eigenvalue weighted by Gasteiger charge is -2.23. The third kappa shape index (κ3) is 4.89. The van der Waals surface area contributed by atoms with E-state index in [4.69, 9.17) is 5.11 Å². The molecule has 2 saturated heterocycles. The van der Waals surface area contributed by atoms with E-state index < -0.39 is 36.5 Å². The molecule has 5 N–H and O–H groups in total. The SMILES string of the molecule is O=C(NC(CO)C(=O)NCC(=O)N1CCCC1C(=O)O)C1CCCN1. The van der Waals surface area contributed by atoms with Crippen LogP contribution in [0.2, 0.25) is 0 Å². The molecule has 0 aromatic rings. The molecule has 140 valence electrons. The standard InChI is InChI=1S/C15H24N4O6/c20-8-10(18-14(23)9-3-1-5-16-9)13(22)17-7-12(21)19-6-2-4-11(19)15(24)25/h9-11,16,20H,1-8H2,(H,17,22)(H,18,23)(H,24,25). The Morgan fingerprint density at radius 3 is 2.56 bits per heavy atom. The van der Waals surface area contributed by atoms with Crippen LogP contribution in [0.5, 0.6) is 0 Å². The fourth-order valence-corrected chi connectivity index (χ4v) is 3.08. The van der Waals surface area contributed by atoms with Gasteiger partial charge in [0, 0.05) is 6.54 Å². The number of likely N-dealkylation sites (tertiary alicyclic amines) is 1. The van der Waals surface area contributed by atoms with Crippen LogP contribution in [0.25, 0.3) is 0 Å². The predicted octanol–water partition coefficient (Wildman–Crippen LogP) is -2.59. The van der Waals surface area contributed by atoms with Crippen LogP contribution in [0.1, 0.15) is 25.7 Å². The van der Waals surface area contributed by atoms with Crippen LogP contribution in [-0.4, -0.2) is 83.2 Å². The van der Waals surface area contributed by atoms with E-state index in [1.54, 1.807) is 0 Å². The van der Waals surface area contributed by atoms with E-state index in [2.05, 4.69) is 16.0 Å². The van der Waals surface area contributed by atoms with Gasteiger partial charge in [-0.2, -0.15) is 0 Å². The predicted molar refractivity (Wildman–Crippen MR) is 85.4 cm³/mol. The number of carboxylic acids is 1. The van der Waals surface area contributed by atoms with Gasteiger partial charge >= 0.3 is 5.97 Å². The fourth-order valence-electron chi connectivity index (χ4n) is 3.08. The lowest BCUT2D eigenvalue weighted by Crippen LogP contribution is -2.54. The smallest absolute Gasteiger partial charge is 0.326 e. The number of carbonyl (C=O) groups is 4. The minimum Gasteiger partial charge on any atom is -0.480 e. The van der Waals surface area contributed by atoms with Gasteiger partial charge in [-0.3, -0.25) is 14.4 Å². The molecule has 3 atom stereocenters. The maximum atomic E-state index is 12.1. The van der Waals surface area contributed by atoms with Crippen molar-refractivity contribution in [2.75, 3.05) is 26.2 Å². The molecule has 0 saturated carbocycles. The number of amides is 3. The van der Waals surface area contributed by atoms with Crippen molar-refractivity contribution in [3.63, 3.8) is 0 Å². The number of aliphatic hydroxyl groups excluding tert-OH is 1. The summed E-state index contributed by atoms with van der Waals surface area (Å²) >= 11 is 0. The van der Waals surface area contributed by atoms with Gasteiger partial charge in [-0.05, 0) is 32.2 Å². The van der Waals surface area contributed by atoms with E-state index >= 15 is 0 Å². The Bertz CT molecular complexity index is 534. The van der Waals surface area contributed by atoms with Gasteiger partial charge in [-0.25, -0.2) is 4.79 Å². The van der Waals surface area contributed by atoms with Crippen LogP contribution in [0.3, 0.4) is 0 Å². The highest BCUT2D eigenvalue weighted by Gasteiger charge is 2.34. The largest absolute Gasteiger partial charge is 0.480 e. The lowest BCUT2D eigenvalue weighted by atomic mass is 10.2. The summed E-state index contributed by atoms with van der Waals surface area (Å²) in [5.41, 5.74) is 0. The molecular weight excluding hydrogens is 332 g/mol. The first-order chi connectivity index (χ1) is 11.9. The van der Waals surface area contributed by atoms with Crippen LogP contribution in [0, 0.1) is 0 Å². The Labute approximate surface area is 144 Å². The molecule has 3 unspecified atom stereocenters. The quantitative estimate of drug-likeness (QED) is 0.336. The molecule has 0 aromatic carbocycles. The van der Waals surface area contributed by atoms with Gasteiger partial charge < -0.3 is 31.1 Å². The van der Waals surface area contributed by atoms with E-state index in [-0.39, 0.29) is 18.5 Å². The van der Waals surface area contributed by atoms with Gasteiger partial charge in [-0.1, -0.05) is 0 Å². The number of aliphatic carboxylic acids is 1. The second kappa shape index (κ2) is 8.77. The van der Waals surface area contributed by atoms with Gasteiger partial charge in [-0.15, -0.1) is 0 Å². The van der Waals surface area contributed by atoms with Crippen molar-refractivity contribution >= 4 is 23.7 Å². The molecule has 2 aliphatic heterocycles. The number of rotatable bonds is 7. The first-order valence-electron chi connectivity index (χ1n) is 8.38. The molecule has 2 heterocycles. The summed E-state index contributed by atoms with van der Waals surface area (Å²) in [6, 6.07) is -2.41. The van der Waals surface area contributed by atoms with Crippen molar-refractivity contribution in [2.24, 2.45) is 0 Å². The fraction of sp³-hybridized carbons (Fsp3) is 0.733. The van der Waals surface area contributed by atoms with E-state index in [1.165, 1.54) is 4.90 Å². The number of hydrogen-bond acceptors (Lipinski definition) is 6. The third-order valence-corrected chi connectivity index (χ3v) is 4.46. The van der Waals surface area contributed by atoms with Crippen LogP contribution in [0.4, 0.5) is 0 Å². The van der Waals surface area contributed by atoms with Crippen molar-refractivity contribution in [1.29, 1.82) is 0 Å². The van der Waals surface area contributed by atoms with E-state index in [9.17, 15) is 24.3 Å². The normalized spacial score (nSPS) is 24.0. The number of nitrogens with one attached hydrogen (secondary N) is 3. The van der Waals surface area contributed by atoms with Gasteiger partial charge in [0.15, 0.2) is 0 Å². The number of nitrogens with zero attached hydrogens (tertiary/aromatic N) is 1. The molecule has 2 fully saturated rings. The Hall–Kier alpha value is -2.20. The molecule has 10 nitrogen and oxygen atoms in total. The third-order valence-electron chi connectivity index (χ3n) is 4.46. The van der Waals surface area contributed by atoms with E-state index in [0.29, 0.717) is 25.8 Å². The van der Waals surface area contributed by atoms with Crippen molar-refractivity contribution in [2.45, 2.75) is 43.8 Å². The first-order valence-corrected chi connectivity index (χ1v) is 8.38. The number of aliphatic hydroxyl groups is 1. The van der Waals surface area contributed by atoms with Crippen molar-refractivity contribution in [3.05, 3.63) is 0 Å².